The minimum atomic E-state index is -4.73. The van der Waals surface area contributed by atoms with Crippen LogP contribution in [0.2, 0.25) is 0 Å². The van der Waals surface area contributed by atoms with Gasteiger partial charge in [-0.15, -0.1) is 0 Å². The van der Waals surface area contributed by atoms with Crippen LogP contribution in [-0.2, 0) is 11.0 Å². The van der Waals surface area contributed by atoms with Crippen molar-refractivity contribution in [3.05, 3.63) is 59.6 Å². The molecule has 4 heterocycles. The van der Waals surface area contributed by atoms with Gasteiger partial charge in [0, 0.05) is 37.9 Å². The summed E-state index contributed by atoms with van der Waals surface area (Å²) in [6.45, 7) is 1.27. The molecule has 0 radical (unpaired) electrons. The van der Waals surface area contributed by atoms with Crippen LogP contribution in [0.1, 0.15) is 26.6 Å². The molecule has 35 heavy (non-hydrogen) atoms. The number of alkyl halides is 3. The molecule has 0 aliphatic carbocycles. The number of hydrogen-bond donors (Lipinski definition) is 0. The zero-order valence-electron chi connectivity index (χ0n) is 18.0. The number of benzene rings is 1. The first-order valence-electron chi connectivity index (χ1n) is 10.6. The summed E-state index contributed by atoms with van der Waals surface area (Å²) in [6, 6.07) is 9.60. The summed E-state index contributed by atoms with van der Waals surface area (Å²) in [4.78, 5) is 49.8. The van der Waals surface area contributed by atoms with E-state index in [0.29, 0.717) is 43.1 Å². The van der Waals surface area contributed by atoms with Crippen molar-refractivity contribution in [2.24, 2.45) is 0 Å². The lowest BCUT2D eigenvalue weighted by atomic mass is 10.1. The highest BCUT2D eigenvalue weighted by atomic mass is 19.4. The maximum Gasteiger partial charge on any atom is 0.471 e. The van der Waals surface area contributed by atoms with Crippen LogP contribution in [0.15, 0.2) is 47.1 Å². The summed E-state index contributed by atoms with van der Waals surface area (Å²) in [5.74, 6) is -2.38. The molecular weight excluding hydrogens is 469 g/mol. The SMILES string of the molecule is O=C(CN1C(=O)c2ccccc2C1=O)N1CCN(c2ccc(-c3noc(C(F)(F)F)n3)cn2)CC1. The number of piperazine rings is 1. The second kappa shape index (κ2) is 8.49. The van der Waals surface area contributed by atoms with Crippen LogP contribution < -0.4 is 4.90 Å². The van der Waals surface area contributed by atoms with Crippen LogP contribution in [0, 0.1) is 0 Å². The Bertz CT molecular complexity index is 1260. The van der Waals surface area contributed by atoms with Crippen molar-refractivity contribution in [2.75, 3.05) is 37.6 Å². The summed E-state index contributed by atoms with van der Waals surface area (Å²) in [6.07, 6.45) is -3.38. The molecule has 1 saturated heterocycles. The average molecular weight is 486 g/mol. The minimum absolute atomic E-state index is 0.222. The van der Waals surface area contributed by atoms with Crippen molar-refractivity contribution in [1.82, 2.24) is 24.9 Å². The van der Waals surface area contributed by atoms with Crippen molar-refractivity contribution in [2.45, 2.75) is 6.18 Å². The molecule has 0 atom stereocenters. The minimum Gasteiger partial charge on any atom is -0.353 e. The van der Waals surface area contributed by atoms with E-state index in [1.807, 2.05) is 4.90 Å². The van der Waals surface area contributed by atoms with Crippen molar-refractivity contribution in [1.29, 1.82) is 0 Å². The molecule has 2 aliphatic heterocycles. The molecule has 10 nitrogen and oxygen atoms in total. The Morgan fingerprint density at radius 1 is 0.971 bits per heavy atom. The van der Waals surface area contributed by atoms with E-state index in [1.165, 1.54) is 12.3 Å². The zero-order valence-corrected chi connectivity index (χ0v) is 18.0. The van der Waals surface area contributed by atoms with Crippen LogP contribution in [0.25, 0.3) is 11.4 Å². The average Bonchev–Trinajstić information content (AvgIpc) is 3.45. The number of rotatable bonds is 4. The van der Waals surface area contributed by atoms with E-state index >= 15 is 0 Å². The Balaban J connectivity index is 1.18. The molecule has 13 heteroatoms. The molecule has 0 bridgehead atoms. The number of hydrogen-bond acceptors (Lipinski definition) is 8. The number of pyridine rings is 1. The van der Waals surface area contributed by atoms with Gasteiger partial charge in [0.15, 0.2) is 0 Å². The molecule has 1 fully saturated rings. The maximum absolute atomic E-state index is 12.8. The number of halogens is 3. The lowest BCUT2D eigenvalue weighted by Crippen LogP contribution is -2.52. The molecule has 2 aliphatic rings. The summed E-state index contributed by atoms with van der Waals surface area (Å²) >= 11 is 0. The fourth-order valence-electron chi connectivity index (χ4n) is 3.96. The van der Waals surface area contributed by atoms with Gasteiger partial charge < -0.3 is 14.3 Å². The van der Waals surface area contributed by atoms with Crippen molar-refractivity contribution >= 4 is 23.5 Å². The van der Waals surface area contributed by atoms with Crippen LogP contribution in [0.5, 0.6) is 0 Å². The smallest absolute Gasteiger partial charge is 0.353 e. The van der Waals surface area contributed by atoms with Gasteiger partial charge in [0.1, 0.15) is 12.4 Å². The highest BCUT2D eigenvalue weighted by Gasteiger charge is 2.39. The number of imide groups is 1. The van der Waals surface area contributed by atoms with Gasteiger partial charge in [-0.2, -0.15) is 18.2 Å². The normalized spacial score (nSPS) is 16.1. The van der Waals surface area contributed by atoms with Crippen molar-refractivity contribution in [3.8, 4) is 11.4 Å². The molecule has 3 amide bonds. The van der Waals surface area contributed by atoms with E-state index in [4.69, 9.17) is 0 Å². The van der Waals surface area contributed by atoms with Gasteiger partial charge in [0.2, 0.25) is 11.7 Å². The quantitative estimate of drug-likeness (QED) is 0.516. The molecule has 0 saturated carbocycles. The number of anilines is 1. The maximum atomic E-state index is 12.8. The van der Waals surface area contributed by atoms with E-state index < -0.39 is 23.9 Å². The topological polar surface area (TPSA) is 113 Å². The summed E-state index contributed by atoms with van der Waals surface area (Å²) in [7, 11) is 0. The Morgan fingerprint density at radius 3 is 2.17 bits per heavy atom. The Hall–Kier alpha value is -4.29. The molecule has 0 N–H and O–H groups in total. The number of amides is 3. The molecule has 3 aromatic rings. The van der Waals surface area contributed by atoms with E-state index in [0.717, 1.165) is 4.90 Å². The van der Waals surface area contributed by atoms with E-state index in [-0.39, 0.29) is 23.8 Å². The van der Waals surface area contributed by atoms with Crippen LogP contribution in [-0.4, -0.2) is 75.4 Å². The number of nitrogens with zero attached hydrogens (tertiary/aromatic N) is 6. The summed E-state index contributed by atoms with van der Waals surface area (Å²) in [5.41, 5.74) is 0.850. The second-order valence-corrected chi connectivity index (χ2v) is 7.94. The molecule has 1 aromatic carbocycles. The van der Waals surface area contributed by atoms with E-state index in [1.54, 1.807) is 35.2 Å². The summed E-state index contributed by atoms with van der Waals surface area (Å²) < 4.78 is 42.2. The highest BCUT2D eigenvalue weighted by Crippen LogP contribution is 2.29. The van der Waals surface area contributed by atoms with E-state index in [2.05, 4.69) is 19.6 Å². The first-order valence-corrected chi connectivity index (χ1v) is 10.6. The summed E-state index contributed by atoms with van der Waals surface area (Å²) in [5, 5.41) is 3.33. The lowest BCUT2D eigenvalue weighted by Gasteiger charge is -2.36. The molecule has 180 valence electrons. The zero-order chi connectivity index (χ0) is 24.7. The third kappa shape index (κ3) is 4.20. The number of fused-ring (bicyclic) bond motifs is 1. The van der Waals surface area contributed by atoms with Crippen molar-refractivity contribution in [3.63, 3.8) is 0 Å². The monoisotopic (exact) mass is 486 g/mol. The van der Waals surface area contributed by atoms with Gasteiger partial charge in [0.25, 0.3) is 11.8 Å². The van der Waals surface area contributed by atoms with Crippen LogP contribution in [0.4, 0.5) is 19.0 Å². The standard InChI is InChI=1S/C22H17F3N6O4/c23-22(24,25)21-27-18(28-35-21)13-5-6-16(26-11-13)29-7-9-30(10-8-29)17(32)12-31-19(33)14-3-1-2-4-15(14)20(31)34/h1-6,11H,7-10,12H2. The largest absolute Gasteiger partial charge is 0.471 e. The van der Waals surface area contributed by atoms with Gasteiger partial charge in [-0.1, -0.05) is 17.3 Å². The van der Waals surface area contributed by atoms with E-state index in [9.17, 15) is 27.6 Å². The predicted octanol–water partition coefficient (Wildman–Crippen LogP) is 2.10. The second-order valence-electron chi connectivity index (χ2n) is 7.94. The number of aromatic nitrogens is 3. The number of carbonyl (C=O) groups is 3. The van der Waals surface area contributed by atoms with Crippen LogP contribution in [0.3, 0.4) is 0 Å². The molecule has 5 rings (SSSR count). The Kier molecular flexibility index (Phi) is 5.46. The van der Waals surface area contributed by atoms with Gasteiger partial charge in [-0.25, -0.2) is 4.98 Å². The lowest BCUT2D eigenvalue weighted by molar-refractivity contribution is -0.159. The fraction of sp³-hybridized carbons (Fsp3) is 0.273. The fourth-order valence-corrected chi connectivity index (χ4v) is 3.96. The first-order chi connectivity index (χ1) is 16.7. The molecular formula is C22H17F3N6O4. The number of carbonyl (C=O) groups excluding carboxylic acids is 3. The first kappa shape index (κ1) is 22.5. The molecule has 0 spiro atoms. The van der Waals surface area contributed by atoms with Crippen molar-refractivity contribution < 1.29 is 32.1 Å². The third-order valence-electron chi connectivity index (χ3n) is 5.80. The van der Waals surface area contributed by atoms with Gasteiger partial charge in [0.05, 0.1) is 11.1 Å². The highest BCUT2D eigenvalue weighted by molar-refractivity contribution is 6.22. The van der Waals surface area contributed by atoms with Gasteiger partial charge in [-0.05, 0) is 24.3 Å². The van der Waals surface area contributed by atoms with Gasteiger partial charge >= 0.3 is 12.1 Å². The third-order valence-corrected chi connectivity index (χ3v) is 5.80. The molecule has 0 unspecified atom stereocenters. The van der Waals surface area contributed by atoms with Gasteiger partial charge in [-0.3, -0.25) is 19.3 Å². The molecule has 2 aromatic heterocycles. The van der Waals surface area contributed by atoms with Crippen LogP contribution >= 0.6 is 0 Å². The Morgan fingerprint density at radius 2 is 1.63 bits per heavy atom. The Labute approximate surface area is 195 Å². The predicted molar refractivity (Wildman–Crippen MR) is 113 cm³/mol.